The molecule has 0 aliphatic rings. The number of nitrogens with one attached hydrogen (secondary N) is 1. The Balaban J connectivity index is 2.22. The molecule has 0 aliphatic carbocycles. The number of nitrogens with zero attached hydrogens (tertiary/aromatic N) is 1. The van der Waals surface area contributed by atoms with Crippen molar-refractivity contribution in [2.75, 3.05) is 24.2 Å². The van der Waals surface area contributed by atoms with E-state index in [2.05, 4.69) is 37.4 Å². The normalized spacial score (nSPS) is 11.2. The van der Waals surface area contributed by atoms with Crippen LogP contribution in [0.3, 0.4) is 0 Å². The number of carbonyl (C=O) groups excluding carboxylic acids is 1. The second-order valence-corrected chi connectivity index (χ2v) is 8.94. The third kappa shape index (κ3) is 5.97. The molecule has 0 fully saturated rings. The van der Waals surface area contributed by atoms with Crippen LogP contribution in [0.5, 0.6) is 5.75 Å². The summed E-state index contributed by atoms with van der Waals surface area (Å²) >= 11 is 0. The number of rotatable bonds is 9. The molecule has 0 aromatic heterocycles. The van der Waals surface area contributed by atoms with E-state index >= 15 is 0 Å². The maximum atomic E-state index is 12.6. The first-order chi connectivity index (χ1) is 13.7. The van der Waals surface area contributed by atoms with Gasteiger partial charge in [-0.15, -0.1) is 0 Å². The molecular weight excluding hydrogens is 388 g/mol. The van der Waals surface area contributed by atoms with E-state index in [1.165, 1.54) is 18.2 Å². The second-order valence-electron chi connectivity index (χ2n) is 7.03. The van der Waals surface area contributed by atoms with Gasteiger partial charge >= 0.3 is 0 Å². The van der Waals surface area contributed by atoms with Crippen molar-refractivity contribution >= 4 is 21.6 Å². The summed E-state index contributed by atoms with van der Waals surface area (Å²) in [4.78, 5) is 12.6. The zero-order valence-corrected chi connectivity index (χ0v) is 18.6. The molecule has 2 aromatic carbocycles. The molecule has 29 heavy (non-hydrogen) atoms. The van der Waals surface area contributed by atoms with E-state index in [1.807, 2.05) is 13.0 Å². The summed E-state index contributed by atoms with van der Waals surface area (Å²) < 4.78 is 31.2. The number of aryl methyl sites for hydroxylation is 3. The molecule has 0 saturated heterocycles. The first-order valence-corrected chi connectivity index (χ1v) is 11.5. The lowest BCUT2D eigenvalue weighted by molar-refractivity contribution is -0.119. The minimum Gasteiger partial charge on any atom is -0.495 e. The third-order valence-electron chi connectivity index (χ3n) is 4.83. The van der Waals surface area contributed by atoms with Gasteiger partial charge in [0.1, 0.15) is 12.3 Å². The summed E-state index contributed by atoms with van der Waals surface area (Å²) in [6, 6.07) is 11.5. The van der Waals surface area contributed by atoms with Crippen LogP contribution >= 0.6 is 0 Å². The SMILES string of the molecule is CCc1ccc(CC)c(CNC(=O)CN(c2cc(C)ccc2OC)S(C)(=O)=O)c1. The van der Waals surface area contributed by atoms with Gasteiger partial charge < -0.3 is 10.1 Å². The van der Waals surface area contributed by atoms with Crippen LogP contribution in [0.2, 0.25) is 0 Å². The molecule has 158 valence electrons. The van der Waals surface area contributed by atoms with E-state index in [4.69, 9.17) is 4.74 Å². The molecule has 0 atom stereocenters. The fourth-order valence-electron chi connectivity index (χ4n) is 3.16. The number of sulfonamides is 1. The van der Waals surface area contributed by atoms with E-state index < -0.39 is 10.0 Å². The van der Waals surface area contributed by atoms with Crippen LogP contribution in [0.1, 0.15) is 36.1 Å². The van der Waals surface area contributed by atoms with Gasteiger partial charge in [0.05, 0.1) is 19.1 Å². The summed E-state index contributed by atoms with van der Waals surface area (Å²) in [5.41, 5.74) is 4.65. The van der Waals surface area contributed by atoms with Gasteiger partial charge in [-0.3, -0.25) is 9.10 Å². The van der Waals surface area contributed by atoms with E-state index in [1.54, 1.807) is 12.1 Å². The number of anilines is 1. The van der Waals surface area contributed by atoms with E-state index in [0.717, 1.165) is 34.5 Å². The van der Waals surface area contributed by atoms with Crippen LogP contribution in [0.4, 0.5) is 5.69 Å². The molecule has 2 rings (SSSR count). The maximum absolute atomic E-state index is 12.6. The van der Waals surface area contributed by atoms with Crippen LogP contribution in [0.15, 0.2) is 36.4 Å². The van der Waals surface area contributed by atoms with Crippen LogP contribution in [0.25, 0.3) is 0 Å². The topological polar surface area (TPSA) is 75.7 Å². The zero-order valence-electron chi connectivity index (χ0n) is 17.8. The van der Waals surface area contributed by atoms with Gasteiger partial charge in [0.25, 0.3) is 0 Å². The van der Waals surface area contributed by atoms with Crippen molar-refractivity contribution in [2.45, 2.75) is 40.2 Å². The molecule has 1 N–H and O–H groups in total. The second kappa shape index (κ2) is 9.78. The average molecular weight is 419 g/mol. The molecule has 0 spiro atoms. The van der Waals surface area contributed by atoms with Crippen molar-refractivity contribution in [1.29, 1.82) is 0 Å². The highest BCUT2D eigenvalue weighted by Crippen LogP contribution is 2.30. The zero-order chi connectivity index (χ0) is 21.6. The van der Waals surface area contributed by atoms with Crippen LogP contribution in [0, 0.1) is 6.92 Å². The van der Waals surface area contributed by atoms with Gasteiger partial charge in [-0.25, -0.2) is 8.42 Å². The predicted octanol–water partition coefficient (Wildman–Crippen LogP) is 3.21. The average Bonchev–Trinajstić information content (AvgIpc) is 2.69. The Labute approximate surface area is 173 Å². The summed E-state index contributed by atoms with van der Waals surface area (Å²) in [7, 11) is -2.20. The van der Waals surface area contributed by atoms with E-state index in [9.17, 15) is 13.2 Å². The standard InChI is InChI=1S/C22H30N2O4S/c1-6-17-9-10-18(7-2)19(13-17)14-23-22(25)15-24(29(5,26)27)20-12-16(3)8-11-21(20)28-4/h8-13H,6-7,14-15H2,1-5H3,(H,23,25). The third-order valence-corrected chi connectivity index (χ3v) is 5.95. The van der Waals surface area contributed by atoms with Gasteiger partial charge in [-0.1, -0.05) is 38.1 Å². The Morgan fingerprint density at radius 2 is 1.79 bits per heavy atom. The van der Waals surface area contributed by atoms with Gasteiger partial charge in [0.2, 0.25) is 15.9 Å². The lowest BCUT2D eigenvalue weighted by Crippen LogP contribution is -2.40. The summed E-state index contributed by atoms with van der Waals surface area (Å²) in [6.07, 6.45) is 2.87. The number of methoxy groups -OCH3 is 1. The van der Waals surface area contributed by atoms with Crippen molar-refractivity contribution in [2.24, 2.45) is 0 Å². The quantitative estimate of drug-likeness (QED) is 0.678. The molecule has 0 heterocycles. The summed E-state index contributed by atoms with van der Waals surface area (Å²) in [5.74, 6) is 0.0284. The summed E-state index contributed by atoms with van der Waals surface area (Å²) in [6.45, 7) is 6.06. The van der Waals surface area contributed by atoms with Gasteiger partial charge in [0, 0.05) is 6.54 Å². The van der Waals surface area contributed by atoms with Gasteiger partial charge in [-0.2, -0.15) is 0 Å². The maximum Gasteiger partial charge on any atom is 0.241 e. The smallest absolute Gasteiger partial charge is 0.241 e. The molecule has 7 heteroatoms. The Kier molecular flexibility index (Phi) is 7.67. The van der Waals surface area contributed by atoms with Crippen molar-refractivity contribution in [3.05, 3.63) is 58.7 Å². The molecule has 6 nitrogen and oxygen atoms in total. The number of hydrogen-bond donors (Lipinski definition) is 1. The molecule has 0 aliphatic heterocycles. The number of ether oxygens (including phenoxy) is 1. The van der Waals surface area contributed by atoms with Crippen molar-refractivity contribution < 1.29 is 17.9 Å². The molecular formula is C22H30N2O4S. The van der Waals surface area contributed by atoms with Gasteiger partial charge in [0.15, 0.2) is 0 Å². The van der Waals surface area contributed by atoms with E-state index in [0.29, 0.717) is 18.0 Å². The number of carbonyl (C=O) groups is 1. The number of hydrogen-bond acceptors (Lipinski definition) is 4. The molecule has 0 saturated carbocycles. The van der Waals surface area contributed by atoms with Crippen LogP contribution in [-0.2, 0) is 34.2 Å². The number of benzene rings is 2. The largest absolute Gasteiger partial charge is 0.495 e. The molecule has 0 bridgehead atoms. The minimum atomic E-state index is -3.68. The lowest BCUT2D eigenvalue weighted by Gasteiger charge is -2.24. The molecule has 0 radical (unpaired) electrons. The van der Waals surface area contributed by atoms with Crippen LogP contribution < -0.4 is 14.4 Å². The van der Waals surface area contributed by atoms with Crippen molar-refractivity contribution in [3.63, 3.8) is 0 Å². The van der Waals surface area contributed by atoms with Crippen molar-refractivity contribution in [3.8, 4) is 5.75 Å². The minimum absolute atomic E-state index is 0.312. The number of amides is 1. The molecule has 1 amide bonds. The fourth-order valence-corrected chi connectivity index (χ4v) is 4.02. The molecule has 2 aromatic rings. The van der Waals surface area contributed by atoms with E-state index in [-0.39, 0.29) is 12.5 Å². The Morgan fingerprint density at radius 1 is 1.07 bits per heavy atom. The fraction of sp³-hybridized carbons (Fsp3) is 0.409. The first-order valence-electron chi connectivity index (χ1n) is 9.69. The monoisotopic (exact) mass is 418 g/mol. The molecule has 0 unspecified atom stereocenters. The van der Waals surface area contributed by atoms with Crippen LogP contribution in [-0.4, -0.2) is 34.2 Å². The first kappa shape index (κ1) is 22.7. The lowest BCUT2D eigenvalue weighted by atomic mass is 10.0. The highest BCUT2D eigenvalue weighted by molar-refractivity contribution is 7.92. The predicted molar refractivity (Wildman–Crippen MR) is 117 cm³/mol. The van der Waals surface area contributed by atoms with Gasteiger partial charge in [-0.05, 0) is 54.2 Å². The Bertz CT molecular complexity index is 971. The Morgan fingerprint density at radius 3 is 2.38 bits per heavy atom. The summed E-state index contributed by atoms with van der Waals surface area (Å²) in [5, 5.41) is 2.86. The Hall–Kier alpha value is -2.54. The van der Waals surface area contributed by atoms with Crippen molar-refractivity contribution in [1.82, 2.24) is 5.32 Å². The highest BCUT2D eigenvalue weighted by atomic mass is 32.2. The highest BCUT2D eigenvalue weighted by Gasteiger charge is 2.24.